The lowest BCUT2D eigenvalue weighted by Crippen LogP contribution is -2.50. The molecule has 1 aromatic carbocycles. The van der Waals surface area contributed by atoms with Crippen LogP contribution in [0.15, 0.2) is 29.2 Å². The molecule has 20 heavy (non-hydrogen) atoms. The Morgan fingerprint density at radius 2 is 2.10 bits per heavy atom. The van der Waals surface area contributed by atoms with E-state index in [1.165, 1.54) is 23.5 Å². The predicted molar refractivity (Wildman–Crippen MR) is 73.4 cm³/mol. The number of nitrogens with one attached hydrogen (secondary N) is 1. The zero-order valence-corrected chi connectivity index (χ0v) is 11.9. The van der Waals surface area contributed by atoms with Crippen molar-refractivity contribution in [2.45, 2.75) is 11.0 Å². The van der Waals surface area contributed by atoms with Crippen LogP contribution < -0.4 is 10.5 Å². The predicted octanol–water partition coefficient (Wildman–Crippen LogP) is 0.0207. The third-order valence-electron chi connectivity index (χ3n) is 3.07. The van der Waals surface area contributed by atoms with Gasteiger partial charge < -0.3 is 15.2 Å². The zero-order chi connectivity index (χ0) is 14.8. The van der Waals surface area contributed by atoms with Crippen LogP contribution in [-0.4, -0.2) is 51.5 Å². The molecule has 1 aliphatic rings. The number of nitrogens with two attached hydrogens (primary N) is 1. The molecule has 0 saturated carbocycles. The summed E-state index contributed by atoms with van der Waals surface area (Å²) in [5.41, 5.74) is 5.37. The summed E-state index contributed by atoms with van der Waals surface area (Å²) in [7, 11) is -2.09. The molecule has 7 nitrogen and oxygen atoms in total. The first kappa shape index (κ1) is 14.8. The van der Waals surface area contributed by atoms with E-state index >= 15 is 0 Å². The van der Waals surface area contributed by atoms with E-state index in [1.807, 2.05) is 0 Å². The number of morpholine rings is 1. The Balaban J connectivity index is 2.22. The van der Waals surface area contributed by atoms with Crippen molar-refractivity contribution < 1.29 is 17.9 Å². The van der Waals surface area contributed by atoms with E-state index in [4.69, 9.17) is 20.6 Å². The second kappa shape index (κ2) is 5.78. The van der Waals surface area contributed by atoms with Crippen LogP contribution in [0.3, 0.4) is 0 Å². The van der Waals surface area contributed by atoms with Gasteiger partial charge in [0, 0.05) is 13.1 Å². The highest BCUT2D eigenvalue weighted by atomic mass is 32.2. The maximum absolute atomic E-state index is 12.5. The molecule has 3 N–H and O–H groups in total. The van der Waals surface area contributed by atoms with Crippen LogP contribution in [0.5, 0.6) is 5.75 Å². The van der Waals surface area contributed by atoms with Crippen LogP contribution in [-0.2, 0) is 14.8 Å². The number of rotatable bonds is 4. The van der Waals surface area contributed by atoms with Crippen LogP contribution in [0.25, 0.3) is 0 Å². The Bertz CT molecular complexity index is 585. The fourth-order valence-corrected chi connectivity index (χ4v) is 3.35. The molecule has 1 fully saturated rings. The summed E-state index contributed by atoms with van der Waals surface area (Å²) in [5, 5.41) is 7.36. The number of sulfonamides is 1. The molecule has 0 aromatic heterocycles. The molecule has 2 rings (SSSR count). The zero-order valence-electron chi connectivity index (χ0n) is 11.1. The molecule has 1 atom stereocenters. The molecule has 1 heterocycles. The largest absolute Gasteiger partial charge is 0.497 e. The smallest absolute Gasteiger partial charge is 0.243 e. The summed E-state index contributed by atoms with van der Waals surface area (Å²) in [6.45, 7) is 0.529. The van der Waals surface area contributed by atoms with Gasteiger partial charge in [0.05, 0.1) is 18.6 Å². The number of hydrogen-bond acceptors (Lipinski definition) is 5. The first-order valence-corrected chi connectivity index (χ1v) is 7.49. The number of methoxy groups -OCH3 is 1. The number of hydrogen-bond donors (Lipinski definition) is 2. The van der Waals surface area contributed by atoms with Crippen molar-refractivity contribution >= 4 is 15.9 Å². The Hall–Kier alpha value is -1.64. The van der Waals surface area contributed by atoms with Crippen molar-refractivity contribution in [1.29, 1.82) is 5.41 Å². The summed E-state index contributed by atoms with van der Waals surface area (Å²) in [4.78, 5) is 0.183. The van der Waals surface area contributed by atoms with E-state index in [9.17, 15) is 8.42 Å². The summed E-state index contributed by atoms with van der Waals surface area (Å²) in [6.07, 6.45) is -0.684. The van der Waals surface area contributed by atoms with Crippen LogP contribution in [0.1, 0.15) is 0 Å². The van der Waals surface area contributed by atoms with E-state index in [0.717, 1.165) is 0 Å². The minimum atomic E-state index is -3.61. The van der Waals surface area contributed by atoms with Gasteiger partial charge in [0.25, 0.3) is 0 Å². The lowest BCUT2D eigenvalue weighted by molar-refractivity contribution is 0.0368. The fraction of sp³-hybridized carbons (Fsp3) is 0.417. The lowest BCUT2D eigenvalue weighted by atomic mass is 10.3. The van der Waals surface area contributed by atoms with Crippen LogP contribution in [0.4, 0.5) is 0 Å². The molecule has 0 radical (unpaired) electrons. The van der Waals surface area contributed by atoms with Gasteiger partial charge in [-0.1, -0.05) is 0 Å². The standard InChI is InChI=1S/C12H17N3O4S/c1-18-9-2-4-10(5-3-9)20(16,17)15-6-7-19-11(8-15)12(13)14/h2-5,11H,6-8H2,1H3,(H3,13,14). The molecule has 0 amide bonds. The SMILES string of the molecule is COc1ccc(S(=O)(=O)N2CCOC(C(=N)N)C2)cc1. The van der Waals surface area contributed by atoms with Gasteiger partial charge in [0.2, 0.25) is 10.0 Å². The average Bonchev–Trinajstić information content (AvgIpc) is 2.47. The summed E-state index contributed by atoms with van der Waals surface area (Å²) in [6, 6.07) is 6.17. The number of amidine groups is 1. The highest BCUT2D eigenvalue weighted by molar-refractivity contribution is 7.89. The molecule has 1 aromatic rings. The third kappa shape index (κ3) is 2.92. The Labute approximate surface area is 117 Å². The number of nitrogens with zero attached hydrogens (tertiary/aromatic N) is 1. The fourth-order valence-electron chi connectivity index (χ4n) is 1.93. The molecule has 1 aliphatic heterocycles. The van der Waals surface area contributed by atoms with Crippen molar-refractivity contribution in [1.82, 2.24) is 4.31 Å². The topological polar surface area (TPSA) is 106 Å². The highest BCUT2D eigenvalue weighted by Gasteiger charge is 2.31. The van der Waals surface area contributed by atoms with E-state index in [0.29, 0.717) is 5.75 Å². The maximum Gasteiger partial charge on any atom is 0.243 e. The number of benzene rings is 1. The lowest BCUT2D eigenvalue weighted by Gasteiger charge is -2.31. The van der Waals surface area contributed by atoms with Gasteiger partial charge in [-0.2, -0.15) is 4.31 Å². The second-order valence-corrected chi connectivity index (χ2v) is 6.29. The van der Waals surface area contributed by atoms with E-state index < -0.39 is 16.1 Å². The normalized spacial score (nSPS) is 20.6. The summed E-state index contributed by atoms with van der Waals surface area (Å²) in [5.74, 6) is 0.423. The molecule has 110 valence electrons. The highest BCUT2D eigenvalue weighted by Crippen LogP contribution is 2.21. The Kier molecular flexibility index (Phi) is 4.26. The summed E-state index contributed by atoms with van der Waals surface area (Å²) < 4.78 is 36.5. The van der Waals surface area contributed by atoms with Gasteiger partial charge >= 0.3 is 0 Å². The first-order valence-electron chi connectivity index (χ1n) is 6.05. The molecular weight excluding hydrogens is 282 g/mol. The second-order valence-electron chi connectivity index (χ2n) is 4.35. The van der Waals surface area contributed by atoms with Gasteiger partial charge in [0.1, 0.15) is 17.7 Å². The van der Waals surface area contributed by atoms with Crippen LogP contribution in [0, 0.1) is 5.41 Å². The molecular formula is C12H17N3O4S. The van der Waals surface area contributed by atoms with Gasteiger partial charge in [-0.3, -0.25) is 5.41 Å². The van der Waals surface area contributed by atoms with Gasteiger partial charge in [-0.15, -0.1) is 0 Å². The van der Waals surface area contributed by atoms with Crippen molar-refractivity contribution in [2.75, 3.05) is 26.8 Å². The van der Waals surface area contributed by atoms with E-state index in [2.05, 4.69) is 0 Å². The van der Waals surface area contributed by atoms with Crippen LogP contribution >= 0.6 is 0 Å². The van der Waals surface area contributed by atoms with Gasteiger partial charge in [0.15, 0.2) is 0 Å². The van der Waals surface area contributed by atoms with Gasteiger partial charge in [-0.05, 0) is 24.3 Å². The molecule has 1 unspecified atom stereocenters. The van der Waals surface area contributed by atoms with Gasteiger partial charge in [-0.25, -0.2) is 8.42 Å². The molecule has 0 spiro atoms. The molecule has 0 aliphatic carbocycles. The van der Waals surface area contributed by atoms with Crippen molar-refractivity contribution in [3.63, 3.8) is 0 Å². The monoisotopic (exact) mass is 299 g/mol. The van der Waals surface area contributed by atoms with Crippen LogP contribution in [0.2, 0.25) is 0 Å². The minimum Gasteiger partial charge on any atom is -0.497 e. The van der Waals surface area contributed by atoms with Crippen molar-refractivity contribution in [3.8, 4) is 5.75 Å². The summed E-state index contributed by atoms with van der Waals surface area (Å²) >= 11 is 0. The van der Waals surface area contributed by atoms with Crippen molar-refractivity contribution in [2.24, 2.45) is 5.73 Å². The van der Waals surface area contributed by atoms with E-state index in [1.54, 1.807) is 12.1 Å². The number of ether oxygens (including phenoxy) is 2. The first-order chi connectivity index (χ1) is 9.45. The molecule has 1 saturated heterocycles. The van der Waals surface area contributed by atoms with E-state index in [-0.39, 0.29) is 30.4 Å². The third-order valence-corrected chi connectivity index (χ3v) is 4.95. The minimum absolute atomic E-state index is 0.0592. The average molecular weight is 299 g/mol. The molecule has 8 heteroatoms. The molecule has 0 bridgehead atoms. The Morgan fingerprint density at radius 3 is 2.65 bits per heavy atom. The van der Waals surface area contributed by atoms with Crippen molar-refractivity contribution in [3.05, 3.63) is 24.3 Å². The quantitative estimate of drug-likeness (QED) is 0.602. The maximum atomic E-state index is 12.5. The Morgan fingerprint density at radius 1 is 1.45 bits per heavy atom.